The summed E-state index contributed by atoms with van der Waals surface area (Å²) in [5.41, 5.74) is 2.50. The van der Waals surface area contributed by atoms with Crippen molar-refractivity contribution in [2.75, 3.05) is 25.0 Å². The summed E-state index contributed by atoms with van der Waals surface area (Å²) in [6.07, 6.45) is 2.76. The second-order valence-electron chi connectivity index (χ2n) is 6.09. The van der Waals surface area contributed by atoms with E-state index in [4.69, 9.17) is 11.6 Å². The predicted molar refractivity (Wildman–Crippen MR) is 84.0 cm³/mol. The molecule has 0 aromatic heterocycles. The number of anilines is 1. The lowest BCUT2D eigenvalue weighted by molar-refractivity contribution is 0.552. The van der Waals surface area contributed by atoms with Crippen molar-refractivity contribution in [2.45, 2.75) is 33.2 Å². The largest absolute Gasteiger partial charge is 0.374 e. The molecule has 3 heteroatoms. The Bertz CT molecular complexity index is 413. The smallest absolute Gasteiger partial charge is 0.0471 e. The van der Waals surface area contributed by atoms with Gasteiger partial charge < -0.3 is 10.2 Å². The van der Waals surface area contributed by atoms with Crippen LogP contribution in [0.3, 0.4) is 0 Å². The highest BCUT2D eigenvalue weighted by atomic mass is 35.5. The van der Waals surface area contributed by atoms with Crippen molar-refractivity contribution in [3.63, 3.8) is 0 Å². The third kappa shape index (κ3) is 4.39. The molecule has 1 fully saturated rings. The van der Waals surface area contributed by atoms with E-state index >= 15 is 0 Å². The molecule has 0 aliphatic heterocycles. The molecule has 0 saturated heterocycles. The maximum atomic E-state index is 6.37. The number of rotatable bonds is 7. The number of nitrogens with one attached hydrogen (secondary N) is 1. The summed E-state index contributed by atoms with van der Waals surface area (Å²) in [5.74, 6) is 1.55. The zero-order valence-corrected chi connectivity index (χ0v) is 13.0. The van der Waals surface area contributed by atoms with Crippen LogP contribution in [-0.4, -0.2) is 20.1 Å². The van der Waals surface area contributed by atoms with Crippen LogP contribution in [0.4, 0.5) is 5.69 Å². The van der Waals surface area contributed by atoms with Gasteiger partial charge in [-0.25, -0.2) is 0 Å². The average molecular weight is 281 g/mol. The Morgan fingerprint density at radius 1 is 1.37 bits per heavy atom. The number of benzene rings is 1. The van der Waals surface area contributed by atoms with Crippen LogP contribution < -0.4 is 10.2 Å². The Hall–Kier alpha value is -0.730. The first kappa shape index (κ1) is 14.7. The fourth-order valence-corrected chi connectivity index (χ4v) is 2.59. The molecule has 106 valence electrons. The zero-order valence-electron chi connectivity index (χ0n) is 12.2. The van der Waals surface area contributed by atoms with Crippen molar-refractivity contribution in [3.8, 4) is 0 Å². The molecular formula is C16H25ClN2. The standard InChI is InChI=1S/C16H25ClN2/c1-12(2)9-18-10-14-15(17)5-4-6-16(14)19(3)11-13-7-8-13/h4-6,12-13,18H,7-11H2,1-3H3. The molecule has 2 rings (SSSR count). The fraction of sp³-hybridized carbons (Fsp3) is 0.625. The number of halogens is 1. The van der Waals surface area contributed by atoms with Gasteiger partial charge in [-0.2, -0.15) is 0 Å². The quantitative estimate of drug-likeness (QED) is 0.814. The molecule has 0 amide bonds. The summed E-state index contributed by atoms with van der Waals surface area (Å²) < 4.78 is 0. The van der Waals surface area contributed by atoms with Gasteiger partial charge in [-0.3, -0.25) is 0 Å². The van der Waals surface area contributed by atoms with E-state index < -0.39 is 0 Å². The Labute approximate surface area is 122 Å². The molecule has 0 spiro atoms. The second-order valence-corrected chi connectivity index (χ2v) is 6.49. The minimum Gasteiger partial charge on any atom is -0.374 e. The molecule has 1 aliphatic rings. The number of hydrogen-bond acceptors (Lipinski definition) is 2. The zero-order chi connectivity index (χ0) is 13.8. The first-order chi connectivity index (χ1) is 9.08. The van der Waals surface area contributed by atoms with Crippen molar-refractivity contribution in [1.29, 1.82) is 0 Å². The minimum absolute atomic E-state index is 0.662. The summed E-state index contributed by atoms with van der Waals surface area (Å²) in [6.45, 7) is 7.47. The molecule has 2 nitrogen and oxygen atoms in total. The summed E-state index contributed by atoms with van der Waals surface area (Å²) in [7, 11) is 2.18. The Morgan fingerprint density at radius 2 is 2.11 bits per heavy atom. The van der Waals surface area contributed by atoms with E-state index in [1.165, 1.54) is 24.1 Å². The molecule has 1 aliphatic carbocycles. The molecule has 19 heavy (non-hydrogen) atoms. The SMILES string of the molecule is CC(C)CNCc1c(Cl)cccc1N(C)CC1CC1. The van der Waals surface area contributed by atoms with E-state index in [0.29, 0.717) is 5.92 Å². The fourth-order valence-electron chi connectivity index (χ4n) is 2.35. The topological polar surface area (TPSA) is 15.3 Å². The predicted octanol–water partition coefficient (Wildman–Crippen LogP) is 3.93. The highest BCUT2D eigenvalue weighted by Gasteiger charge is 2.24. The maximum Gasteiger partial charge on any atom is 0.0471 e. The molecule has 0 atom stereocenters. The molecular weight excluding hydrogens is 256 g/mol. The van der Waals surface area contributed by atoms with Gasteiger partial charge in [-0.15, -0.1) is 0 Å². The molecule has 1 aromatic rings. The van der Waals surface area contributed by atoms with Crippen molar-refractivity contribution < 1.29 is 0 Å². The molecule has 1 aromatic carbocycles. The Kier molecular flexibility index (Phi) is 5.12. The summed E-state index contributed by atoms with van der Waals surface area (Å²) in [5, 5.41) is 4.37. The summed E-state index contributed by atoms with van der Waals surface area (Å²) in [4.78, 5) is 2.36. The first-order valence-electron chi connectivity index (χ1n) is 7.27. The van der Waals surface area contributed by atoms with Crippen LogP contribution in [0.15, 0.2) is 18.2 Å². The normalized spacial score (nSPS) is 15.0. The summed E-state index contributed by atoms with van der Waals surface area (Å²) in [6, 6.07) is 6.22. The molecule has 1 N–H and O–H groups in total. The van der Waals surface area contributed by atoms with Gasteiger partial charge in [0.2, 0.25) is 0 Å². The minimum atomic E-state index is 0.662. The van der Waals surface area contributed by atoms with Crippen LogP contribution in [0, 0.1) is 11.8 Å². The van der Waals surface area contributed by atoms with Crippen LogP contribution in [0.1, 0.15) is 32.3 Å². The lowest BCUT2D eigenvalue weighted by atomic mass is 10.1. The van der Waals surface area contributed by atoms with Gasteiger partial charge in [-0.1, -0.05) is 31.5 Å². The van der Waals surface area contributed by atoms with Crippen LogP contribution in [-0.2, 0) is 6.54 Å². The van der Waals surface area contributed by atoms with E-state index in [2.05, 4.69) is 37.2 Å². The van der Waals surface area contributed by atoms with Crippen molar-refractivity contribution >= 4 is 17.3 Å². The maximum absolute atomic E-state index is 6.37. The van der Waals surface area contributed by atoms with Crippen LogP contribution >= 0.6 is 11.6 Å². The van der Waals surface area contributed by atoms with Crippen LogP contribution in [0.5, 0.6) is 0 Å². The van der Waals surface area contributed by atoms with Gasteiger partial charge in [0, 0.05) is 36.4 Å². The lowest BCUT2D eigenvalue weighted by Gasteiger charge is -2.23. The molecule has 0 bridgehead atoms. The highest BCUT2D eigenvalue weighted by molar-refractivity contribution is 6.31. The second kappa shape index (κ2) is 6.62. The third-order valence-electron chi connectivity index (χ3n) is 3.59. The van der Waals surface area contributed by atoms with E-state index in [0.717, 1.165) is 30.6 Å². The van der Waals surface area contributed by atoms with Crippen LogP contribution in [0.25, 0.3) is 0 Å². The van der Waals surface area contributed by atoms with Gasteiger partial charge in [-0.05, 0) is 43.4 Å². The van der Waals surface area contributed by atoms with E-state index in [-0.39, 0.29) is 0 Å². The van der Waals surface area contributed by atoms with Gasteiger partial charge in [0.25, 0.3) is 0 Å². The molecule has 1 saturated carbocycles. The van der Waals surface area contributed by atoms with E-state index in [1.54, 1.807) is 0 Å². The summed E-state index contributed by atoms with van der Waals surface area (Å²) >= 11 is 6.37. The monoisotopic (exact) mass is 280 g/mol. The average Bonchev–Trinajstić information content (AvgIpc) is 3.14. The molecule has 0 unspecified atom stereocenters. The van der Waals surface area contributed by atoms with Gasteiger partial charge in [0.15, 0.2) is 0 Å². The first-order valence-corrected chi connectivity index (χ1v) is 7.65. The highest BCUT2D eigenvalue weighted by Crippen LogP contribution is 2.33. The van der Waals surface area contributed by atoms with Crippen molar-refractivity contribution in [1.82, 2.24) is 5.32 Å². The Morgan fingerprint density at radius 3 is 2.74 bits per heavy atom. The van der Waals surface area contributed by atoms with Crippen LogP contribution in [0.2, 0.25) is 5.02 Å². The van der Waals surface area contributed by atoms with Gasteiger partial charge in [0.1, 0.15) is 0 Å². The third-order valence-corrected chi connectivity index (χ3v) is 3.94. The van der Waals surface area contributed by atoms with Gasteiger partial charge in [0.05, 0.1) is 0 Å². The van der Waals surface area contributed by atoms with Crippen molar-refractivity contribution in [3.05, 3.63) is 28.8 Å². The molecule has 0 heterocycles. The van der Waals surface area contributed by atoms with Gasteiger partial charge >= 0.3 is 0 Å². The molecule has 0 radical (unpaired) electrons. The van der Waals surface area contributed by atoms with E-state index in [1.807, 2.05) is 12.1 Å². The number of nitrogens with zero attached hydrogens (tertiary/aromatic N) is 1. The lowest BCUT2D eigenvalue weighted by Crippen LogP contribution is -2.24. The van der Waals surface area contributed by atoms with E-state index in [9.17, 15) is 0 Å². The Balaban J connectivity index is 2.05. The van der Waals surface area contributed by atoms with Crippen molar-refractivity contribution in [2.24, 2.45) is 11.8 Å². The number of hydrogen-bond donors (Lipinski definition) is 1.